The highest BCUT2D eigenvalue weighted by molar-refractivity contribution is 5.92. The maximum absolute atomic E-state index is 12.8. The number of hydrogen-bond acceptors (Lipinski definition) is 4. The van der Waals surface area contributed by atoms with Crippen LogP contribution in [0.1, 0.15) is 28.4 Å². The Morgan fingerprint density at radius 3 is 2.17 bits per heavy atom. The second-order valence-corrected chi connectivity index (χ2v) is 7.45. The monoisotopic (exact) mass is 401 g/mol. The Bertz CT molecular complexity index is 1060. The third kappa shape index (κ3) is 4.20. The number of amides is 1. The smallest absolute Gasteiger partial charge is 0.338 e. The first-order valence-electron chi connectivity index (χ1n) is 9.97. The van der Waals surface area contributed by atoms with Crippen LogP contribution in [0.4, 0.5) is 0 Å². The van der Waals surface area contributed by atoms with Gasteiger partial charge < -0.3 is 14.7 Å². The lowest BCUT2D eigenvalue weighted by atomic mass is 9.99. The number of phenolic OH excluding ortho intramolecular Hbond substituents is 1. The molecule has 1 amide bonds. The number of nitrogens with zero attached hydrogens (tertiary/aromatic N) is 1. The van der Waals surface area contributed by atoms with E-state index in [2.05, 4.69) is 6.07 Å². The SMILES string of the molecule is C[C@H](OC(=O)c1ccc(-c2ccc(O)cc2)cc1)C(=O)N1CCc2ccccc2C1. The summed E-state index contributed by atoms with van der Waals surface area (Å²) in [6.45, 7) is 2.78. The molecule has 1 N–H and O–H groups in total. The van der Waals surface area contributed by atoms with E-state index in [-0.39, 0.29) is 11.7 Å². The van der Waals surface area contributed by atoms with Crippen LogP contribution < -0.4 is 0 Å². The van der Waals surface area contributed by atoms with Crippen molar-refractivity contribution in [2.75, 3.05) is 6.54 Å². The summed E-state index contributed by atoms with van der Waals surface area (Å²) in [6, 6.07) is 21.9. The van der Waals surface area contributed by atoms with E-state index in [9.17, 15) is 14.7 Å². The van der Waals surface area contributed by atoms with Crippen LogP contribution in [0.2, 0.25) is 0 Å². The molecule has 0 bridgehead atoms. The lowest BCUT2D eigenvalue weighted by Gasteiger charge is -2.30. The Labute approximate surface area is 175 Å². The van der Waals surface area contributed by atoms with Gasteiger partial charge in [0.1, 0.15) is 5.75 Å². The fraction of sp³-hybridized carbons (Fsp3) is 0.200. The third-order valence-corrected chi connectivity index (χ3v) is 5.40. The van der Waals surface area contributed by atoms with Gasteiger partial charge in [-0.2, -0.15) is 0 Å². The Morgan fingerprint density at radius 1 is 0.900 bits per heavy atom. The van der Waals surface area contributed by atoms with Crippen LogP contribution in [0.25, 0.3) is 11.1 Å². The quantitative estimate of drug-likeness (QED) is 0.666. The van der Waals surface area contributed by atoms with Crippen LogP contribution in [-0.4, -0.2) is 34.5 Å². The predicted octanol–water partition coefficient (Wildman–Crippen LogP) is 4.19. The molecular formula is C25H23NO4. The van der Waals surface area contributed by atoms with Crippen molar-refractivity contribution in [3.05, 3.63) is 89.5 Å². The van der Waals surface area contributed by atoms with Gasteiger partial charge in [0.2, 0.25) is 0 Å². The van der Waals surface area contributed by atoms with Crippen molar-refractivity contribution in [3.8, 4) is 16.9 Å². The maximum Gasteiger partial charge on any atom is 0.338 e. The minimum atomic E-state index is -0.848. The van der Waals surface area contributed by atoms with Crippen LogP contribution in [0, 0.1) is 0 Å². The molecule has 30 heavy (non-hydrogen) atoms. The van der Waals surface area contributed by atoms with Crippen molar-refractivity contribution in [2.45, 2.75) is 26.0 Å². The summed E-state index contributed by atoms with van der Waals surface area (Å²) < 4.78 is 5.44. The van der Waals surface area contributed by atoms with E-state index < -0.39 is 12.1 Å². The van der Waals surface area contributed by atoms with Gasteiger partial charge in [0.05, 0.1) is 5.56 Å². The number of ether oxygens (including phenoxy) is 1. The number of fused-ring (bicyclic) bond motifs is 1. The average Bonchev–Trinajstić information content (AvgIpc) is 2.78. The Morgan fingerprint density at radius 2 is 1.50 bits per heavy atom. The Hall–Kier alpha value is -3.60. The maximum atomic E-state index is 12.8. The number of esters is 1. The van der Waals surface area contributed by atoms with E-state index in [0.717, 1.165) is 23.1 Å². The molecule has 5 heteroatoms. The normalized spacial score (nSPS) is 14.0. The molecule has 1 heterocycles. The first-order valence-corrected chi connectivity index (χ1v) is 9.97. The summed E-state index contributed by atoms with van der Waals surface area (Å²) in [7, 11) is 0. The van der Waals surface area contributed by atoms with Gasteiger partial charge in [0.25, 0.3) is 5.91 Å². The molecule has 0 fully saturated rings. The Balaban J connectivity index is 1.38. The van der Waals surface area contributed by atoms with E-state index in [1.54, 1.807) is 48.2 Å². The zero-order valence-electron chi connectivity index (χ0n) is 16.7. The van der Waals surface area contributed by atoms with Gasteiger partial charge in [0.15, 0.2) is 6.10 Å². The number of benzene rings is 3. The van der Waals surface area contributed by atoms with Crippen molar-refractivity contribution in [1.29, 1.82) is 0 Å². The van der Waals surface area contributed by atoms with Gasteiger partial charge in [-0.25, -0.2) is 4.79 Å². The number of rotatable bonds is 4. The third-order valence-electron chi connectivity index (χ3n) is 5.40. The molecule has 0 aromatic heterocycles. The van der Waals surface area contributed by atoms with Crippen molar-refractivity contribution < 1.29 is 19.4 Å². The van der Waals surface area contributed by atoms with Crippen molar-refractivity contribution in [1.82, 2.24) is 4.90 Å². The largest absolute Gasteiger partial charge is 0.508 e. The van der Waals surface area contributed by atoms with Gasteiger partial charge >= 0.3 is 5.97 Å². The second-order valence-electron chi connectivity index (χ2n) is 7.45. The standard InChI is InChI=1S/C25H23NO4/c1-17(24(28)26-15-14-18-4-2-3-5-22(18)16-26)30-25(29)21-8-6-19(7-9-21)20-10-12-23(27)13-11-20/h2-13,17,27H,14-16H2,1H3/t17-/m0/s1. The molecule has 1 atom stereocenters. The molecule has 5 nitrogen and oxygen atoms in total. The van der Waals surface area contributed by atoms with Crippen LogP contribution in [0.3, 0.4) is 0 Å². The fourth-order valence-electron chi connectivity index (χ4n) is 3.67. The summed E-state index contributed by atoms with van der Waals surface area (Å²) in [5.74, 6) is -0.501. The van der Waals surface area contributed by atoms with Gasteiger partial charge in [-0.3, -0.25) is 4.79 Å². The van der Waals surface area contributed by atoms with Crippen LogP contribution >= 0.6 is 0 Å². The van der Waals surface area contributed by atoms with Crippen LogP contribution in [0.15, 0.2) is 72.8 Å². The number of aromatic hydroxyl groups is 1. The number of hydrogen-bond donors (Lipinski definition) is 1. The average molecular weight is 401 g/mol. The molecule has 0 spiro atoms. The molecule has 3 aromatic rings. The highest BCUT2D eigenvalue weighted by Crippen LogP contribution is 2.23. The molecule has 4 rings (SSSR count). The highest BCUT2D eigenvalue weighted by atomic mass is 16.5. The summed E-state index contributed by atoms with van der Waals surface area (Å²) in [6.07, 6.45) is -0.0408. The molecule has 1 aliphatic heterocycles. The lowest BCUT2D eigenvalue weighted by Crippen LogP contribution is -2.42. The summed E-state index contributed by atoms with van der Waals surface area (Å²) in [5, 5.41) is 9.40. The topological polar surface area (TPSA) is 66.8 Å². The Kier molecular flexibility index (Phi) is 5.53. The molecule has 0 saturated heterocycles. The first-order chi connectivity index (χ1) is 14.5. The van der Waals surface area contributed by atoms with E-state index >= 15 is 0 Å². The van der Waals surface area contributed by atoms with E-state index in [0.29, 0.717) is 18.7 Å². The molecule has 152 valence electrons. The van der Waals surface area contributed by atoms with Gasteiger partial charge in [-0.15, -0.1) is 0 Å². The molecule has 0 unspecified atom stereocenters. The van der Waals surface area contributed by atoms with E-state index in [1.807, 2.05) is 30.3 Å². The molecular weight excluding hydrogens is 378 g/mol. The molecule has 0 aliphatic carbocycles. The van der Waals surface area contributed by atoms with Crippen molar-refractivity contribution >= 4 is 11.9 Å². The first kappa shape index (κ1) is 19.7. The summed E-state index contributed by atoms with van der Waals surface area (Å²) in [5.41, 5.74) is 4.64. The summed E-state index contributed by atoms with van der Waals surface area (Å²) in [4.78, 5) is 27.0. The molecule has 0 saturated carbocycles. The minimum Gasteiger partial charge on any atom is -0.508 e. The molecule has 1 aliphatic rings. The van der Waals surface area contributed by atoms with Gasteiger partial charge in [-0.05, 0) is 59.9 Å². The van der Waals surface area contributed by atoms with Crippen molar-refractivity contribution in [3.63, 3.8) is 0 Å². The van der Waals surface area contributed by atoms with Gasteiger partial charge in [-0.1, -0.05) is 48.5 Å². The fourth-order valence-corrected chi connectivity index (χ4v) is 3.67. The zero-order valence-corrected chi connectivity index (χ0v) is 16.7. The number of carbonyl (C=O) groups excluding carboxylic acids is 2. The second kappa shape index (κ2) is 8.41. The summed E-state index contributed by atoms with van der Waals surface area (Å²) >= 11 is 0. The molecule has 0 radical (unpaired) electrons. The zero-order chi connectivity index (χ0) is 21.1. The van der Waals surface area contributed by atoms with Crippen LogP contribution in [0.5, 0.6) is 5.75 Å². The highest BCUT2D eigenvalue weighted by Gasteiger charge is 2.27. The van der Waals surface area contributed by atoms with Gasteiger partial charge in [0, 0.05) is 13.1 Å². The lowest BCUT2D eigenvalue weighted by molar-refractivity contribution is -0.140. The number of phenols is 1. The van der Waals surface area contributed by atoms with Crippen molar-refractivity contribution in [2.24, 2.45) is 0 Å². The predicted molar refractivity (Wildman–Crippen MR) is 114 cm³/mol. The number of carbonyl (C=O) groups is 2. The minimum absolute atomic E-state index is 0.182. The molecule has 3 aromatic carbocycles. The van der Waals surface area contributed by atoms with Crippen LogP contribution in [-0.2, 0) is 22.5 Å². The van der Waals surface area contributed by atoms with E-state index in [4.69, 9.17) is 4.74 Å². The van der Waals surface area contributed by atoms with E-state index in [1.165, 1.54) is 5.56 Å².